The van der Waals surface area contributed by atoms with Crippen molar-refractivity contribution in [1.29, 1.82) is 0 Å². The second-order valence-corrected chi connectivity index (χ2v) is 16.5. The van der Waals surface area contributed by atoms with Gasteiger partial charge in [-0.05, 0) is 77.6 Å². The van der Waals surface area contributed by atoms with Crippen LogP contribution in [0, 0.1) is 24.0 Å². The molecule has 0 N–H and O–H groups in total. The van der Waals surface area contributed by atoms with Crippen molar-refractivity contribution >= 4 is 73.5 Å². The Morgan fingerprint density at radius 2 is 1.29 bits per heavy atom. The first-order chi connectivity index (χ1) is 20.6. The van der Waals surface area contributed by atoms with Crippen molar-refractivity contribution in [2.24, 2.45) is 0 Å². The van der Waals surface area contributed by atoms with Crippen LogP contribution < -0.4 is 9.06 Å². The molecule has 0 unspecified atom stereocenters. The summed E-state index contributed by atoms with van der Waals surface area (Å²) in [5.41, 5.74) is 4.60. The summed E-state index contributed by atoms with van der Waals surface area (Å²) in [6, 6.07) is 11.6. The normalized spacial score (nSPS) is 16.5. The molecule has 0 spiro atoms. The molecule has 5 rings (SSSR count). The van der Waals surface area contributed by atoms with Gasteiger partial charge in [0.25, 0.3) is 0 Å². The first-order valence-corrected chi connectivity index (χ1v) is 20.0. The molecule has 0 saturated carbocycles. The van der Waals surface area contributed by atoms with Crippen LogP contribution in [-0.2, 0) is 19.3 Å². The standard InChI is InChI=1S/C37H44S5/c1-6-10-14-26-20-21-38-34(26)32-23-27(15-11-7-2)35(41-32)33-24-29(17-13-9-4)37(42-33)36-28(16-12-8-3)22-31(40-36)30-19-18-25(5)39-30/h5,18-24H,6-17H2,1-4H3. The number of rotatable bonds is 13. The number of thioether (sulfide) groups is 1. The van der Waals surface area contributed by atoms with Crippen molar-refractivity contribution < 1.29 is 0 Å². The summed E-state index contributed by atoms with van der Waals surface area (Å²) in [6.45, 7) is 15.4. The van der Waals surface area contributed by atoms with Crippen molar-refractivity contribution in [1.82, 2.24) is 0 Å². The number of unbranched alkanes of at least 4 members (excludes halogenated alkanes) is 4. The molecule has 42 heavy (non-hydrogen) atoms. The molecule has 4 aromatic heterocycles. The molecule has 4 aromatic rings. The van der Waals surface area contributed by atoms with Crippen LogP contribution in [0.1, 0.15) is 107 Å². The Labute approximate surface area is 272 Å². The second kappa shape index (κ2) is 15.4. The molecule has 0 saturated heterocycles. The lowest BCUT2D eigenvalue weighted by Gasteiger charge is -2.17. The lowest BCUT2D eigenvalue weighted by molar-refractivity contribution is 0.775. The van der Waals surface area contributed by atoms with E-state index in [2.05, 4.69) is 80.8 Å². The minimum absolute atomic E-state index is 0.897. The predicted octanol–water partition coefficient (Wildman–Crippen LogP) is 11.5. The van der Waals surface area contributed by atoms with Gasteiger partial charge in [-0.25, -0.2) is 11.3 Å². The van der Waals surface area contributed by atoms with E-state index in [-0.39, 0.29) is 0 Å². The highest BCUT2D eigenvalue weighted by atomic mass is 32.2. The number of hydrogen-bond acceptors (Lipinski definition) is 5. The van der Waals surface area contributed by atoms with Crippen LogP contribution in [0.2, 0.25) is 0 Å². The first kappa shape index (κ1) is 31.8. The summed E-state index contributed by atoms with van der Waals surface area (Å²) in [5.74, 6) is 1.55. The van der Waals surface area contributed by atoms with Gasteiger partial charge in [0.2, 0.25) is 4.53 Å². The lowest BCUT2D eigenvalue weighted by atomic mass is 10.00. The van der Waals surface area contributed by atoms with Gasteiger partial charge in [0.15, 0.2) is 0 Å². The molecular weight excluding hydrogens is 605 g/mol. The van der Waals surface area contributed by atoms with Gasteiger partial charge in [-0.15, -0.1) is 17.3 Å². The largest absolute Gasteiger partial charge is 0.241 e. The molecule has 0 nitrogen and oxygen atoms in total. The zero-order valence-electron chi connectivity index (χ0n) is 25.6. The zero-order chi connectivity index (χ0) is 29.5. The Morgan fingerprint density at radius 3 is 1.90 bits per heavy atom. The van der Waals surface area contributed by atoms with Gasteiger partial charge in [-0.1, -0.05) is 98.0 Å². The molecule has 222 valence electrons. The van der Waals surface area contributed by atoms with Crippen LogP contribution in [0.5, 0.6) is 0 Å². The highest BCUT2D eigenvalue weighted by Crippen LogP contribution is 2.51. The van der Waals surface area contributed by atoms with Gasteiger partial charge in [0.1, 0.15) is 0 Å². The van der Waals surface area contributed by atoms with E-state index in [1.165, 1.54) is 113 Å². The van der Waals surface area contributed by atoms with Crippen LogP contribution in [0.15, 0.2) is 41.8 Å². The van der Waals surface area contributed by atoms with E-state index in [9.17, 15) is 0 Å². The Balaban J connectivity index is 1.71. The maximum atomic E-state index is 6.14. The smallest absolute Gasteiger partial charge is 0.201 e. The fourth-order valence-electron chi connectivity index (χ4n) is 5.48. The molecule has 0 bridgehead atoms. The van der Waals surface area contributed by atoms with Crippen molar-refractivity contribution in [2.45, 2.75) is 105 Å². The molecule has 5 heteroatoms. The van der Waals surface area contributed by atoms with Crippen LogP contribution in [0.3, 0.4) is 0 Å². The van der Waals surface area contributed by atoms with Crippen LogP contribution in [0.25, 0.3) is 16.4 Å². The van der Waals surface area contributed by atoms with Crippen LogP contribution in [0.4, 0.5) is 0 Å². The average Bonchev–Trinajstić information content (AvgIpc) is 3.82. The van der Waals surface area contributed by atoms with E-state index in [4.69, 9.17) is 6.58 Å². The summed E-state index contributed by atoms with van der Waals surface area (Å²) in [7, 11) is 0. The zero-order valence-corrected chi connectivity index (χ0v) is 29.7. The summed E-state index contributed by atoms with van der Waals surface area (Å²) in [6.07, 6.45) is 17.1. The number of hydrogen-bond donors (Lipinski definition) is 0. The topological polar surface area (TPSA) is 0 Å². The van der Waals surface area contributed by atoms with E-state index in [0.29, 0.717) is 0 Å². The second-order valence-electron chi connectivity index (χ2n) is 11.3. The molecule has 1 aliphatic heterocycles. The Morgan fingerprint density at radius 1 is 0.667 bits per heavy atom. The van der Waals surface area contributed by atoms with Gasteiger partial charge >= 0.3 is 0 Å². The van der Waals surface area contributed by atoms with Crippen LogP contribution in [-0.4, -0.2) is 0 Å². The maximum Gasteiger partial charge on any atom is 0.241 e. The lowest BCUT2D eigenvalue weighted by Crippen LogP contribution is -2.02. The van der Waals surface area contributed by atoms with E-state index in [1.54, 1.807) is 22.8 Å². The Kier molecular flexibility index (Phi) is 11.7. The van der Waals surface area contributed by atoms with E-state index in [1.807, 2.05) is 34.4 Å². The molecule has 1 aliphatic rings. The first-order valence-electron chi connectivity index (χ1n) is 15.9. The third-order valence-corrected chi connectivity index (χ3v) is 14.0. The highest BCUT2D eigenvalue weighted by molar-refractivity contribution is 8.17. The molecule has 0 radical (unpaired) electrons. The van der Waals surface area contributed by atoms with Crippen molar-refractivity contribution in [2.75, 3.05) is 0 Å². The van der Waals surface area contributed by atoms with Gasteiger partial charge in [0.05, 0.1) is 17.2 Å². The molecule has 0 amide bonds. The molecule has 0 atom stereocenters. The van der Waals surface area contributed by atoms with Crippen molar-refractivity contribution in [3.05, 3.63) is 96.5 Å². The van der Waals surface area contributed by atoms with E-state index >= 15 is 0 Å². The van der Waals surface area contributed by atoms with Gasteiger partial charge < -0.3 is 0 Å². The summed E-state index contributed by atoms with van der Waals surface area (Å²) >= 11 is 9.73. The minimum Gasteiger partial charge on any atom is -0.201 e. The molecular formula is C37H44S5. The molecule has 5 heterocycles. The minimum atomic E-state index is 0.897. The summed E-state index contributed by atoms with van der Waals surface area (Å²) < 4.78 is 8.05. The quantitative estimate of drug-likeness (QED) is 0.130. The van der Waals surface area contributed by atoms with Gasteiger partial charge in [-0.2, -0.15) is 29.2 Å². The molecule has 0 aromatic carbocycles. The van der Waals surface area contributed by atoms with Crippen molar-refractivity contribution in [3.63, 3.8) is 0 Å². The third kappa shape index (κ3) is 7.37. The third-order valence-electron chi connectivity index (χ3n) is 7.90. The fourth-order valence-corrected chi connectivity index (χ4v) is 11.4. The Bertz CT molecular complexity index is 1790. The van der Waals surface area contributed by atoms with Crippen LogP contribution >= 0.6 is 57.1 Å². The van der Waals surface area contributed by atoms with E-state index in [0.717, 1.165) is 17.4 Å². The molecule has 0 fully saturated rings. The average molecular weight is 649 g/mol. The summed E-state index contributed by atoms with van der Waals surface area (Å²) in [4.78, 5) is 4.49. The van der Waals surface area contributed by atoms with Gasteiger partial charge in [0, 0.05) is 19.7 Å². The SMILES string of the molecule is [CH+]=c1ccc(=c2cc(CCCC)c(=c3sc(=C4SC(c5sccc5CCCC)=C[C-]4CCCC)cc3CCCC)s2)s1. The summed E-state index contributed by atoms with van der Waals surface area (Å²) in [5, 5.41) is 2.30. The van der Waals surface area contributed by atoms with Crippen molar-refractivity contribution in [3.8, 4) is 0 Å². The predicted molar refractivity (Wildman–Crippen MR) is 194 cm³/mol. The number of thiophene rings is 4. The molecule has 0 aliphatic carbocycles. The fraction of sp³-hybridized carbons (Fsp3) is 0.432. The van der Waals surface area contributed by atoms with Gasteiger partial charge in [-0.3, -0.25) is 0 Å². The Hall–Kier alpha value is -1.59. The maximum absolute atomic E-state index is 6.14. The van der Waals surface area contributed by atoms with E-state index < -0.39 is 0 Å². The monoisotopic (exact) mass is 648 g/mol. The highest BCUT2D eigenvalue weighted by Gasteiger charge is 2.18. The number of aryl methyl sites for hydroxylation is 3. The number of allylic oxidation sites excluding steroid dienone is 1.